The topological polar surface area (TPSA) is 55.2 Å². The van der Waals surface area contributed by atoms with Crippen LogP contribution in [-0.2, 0) is 17.1 Å². The first kappa shape index (κ1) is 13.6. The van der Waals surface area contributed by atoms with Crippen LogP contribution in [0.15, 0.2) is 29.4 Å². The van der Waals surface area contributed by atoms with Crippen molar-refractivity contribution in [2.75, 3.05) is 13.1 Å². The van der Waals surface area contributed by atoms with E-state index in [1.807, 2.05) is 17.7 Å². The second kappa shape index (κ2) is 4.86. The Kier molecular flexibility index (Phi) is 3.30. The molecular formula is C14H19N3O2S. The molecule has 0 radical (unpaired) electrons. The van der Waals surface area contributed by atoms with E-state index in [4.69, 9.17) is 0 Å². The van der Waals surface area contributed by atoms with Crippen LogP contribution in [0.25, 0.3) is 11.0 Å². The predicted octanol–water partition coefficient (Wildman–Crippen LogP) is 1.99. The van der Waals surface area contributed by atoms with Gasteiger partial charge < -0.3 is 4.57 Å². The first-order valence-corrected chi connectivity index (χ1v) is 8.34. The average Bonchev–Trinajstić information content (AvgIpc) is 2.80. The molecule has 1 saturated heterocycles. The monoisotopic (exact) mass is 293 g/mol. The van der Waals surface area contributed by atoms with Crippen LogP contribution in [0.3, 0.4) is 0 Å². The summed E-state index contributed by atoms with van der Waals surface area (Å²) in [4.78, 5) is 4.58. The number of aromatic nitrogens is 2. The van der Waals surface area contributed by atoms with Crippen LogP contribution in [0.2, 0.25) is 0 Å². The third kappa shape index (κ3) is 2.23. The fraction of sp³-hybridized carbons (Fsp3) is 0.500. The maximum atomic E-state index is 12.6. The Morgan fingerprint density at radius 1 is 1.25 bits per heavy atom. The Hall–Kier alpha value is -1.40. The van der Waals surface area contributed by atoms with Gasteiger partial charge in [0.2, 0.25) is 10.0 Å². The lowest BCUT2D eigenvalue weighted by Gasteiger charge is -2.29. The molecule has 0 bridgehead atoms. The number of nitrogens with zero attached hydrogens (tertiary/aromatic N) is 3. The van der Waals surface area contributed by atoms with Crippen LogP contribution in [-0.4, -0.2) is 35.4 Å². The molecule has 0 saturated carbocycles. The summed E-state index contributed by atoms with van der Waals surface area (Å²) in [7, 11) is -1.49. The molecule has 3 rings (SSSR count). The lowest BCUT2D eigenvalue weighted by Crippen LogP contribution is -2.37. The number of fused-ring (bicyclic) bond motifs is 1. The minimum Gasteiger partial charge on any atom is -0.334 e. The average molecular weight is 293 g/mol. The fourth-order valence-electron chi connectivity index (χ4n) is 2.65. The lowest BCUT2D eigenvalue weighted by molar-refractivity contribution is 0.288. The molecule has 0 atom stereocenters. The largest absolute Gasteiger partial charge is 0.334 e. The molecule has 0 amide bonds. The third-order valence-electron chi connectivity index (χ3n) is 4.08. The second-order valence-electron chi connectivity index (χ2n) is 5.59. The Morgan fingerprint density at radius 2 is 1.95 bits per heavy atom. The maximum absolute atomic E-state index is 12.6. The molecule has 0 aliphatic carbocycles. The van der Waals surface area contributed by atoms with Gasteiger partial charge in [0, 0.05) is 20.1 Å². The molecule has 6 heteroatoms. The van der Waals surface area contributed by atoms with Gasteiger partial charge in [0.25, 0.3) is 0 Å². The summed E-state index contributed by atoms with van der Waals surface area (Å²) in [6.45, 7) is 3.40. The van der Waals surface area contributed by atoms with Crippen LogP contribution in [0.5, 0.6) is 0 Å². The SMILES string of the molecule is CC1CCN(S(=O)(=O)c2ccc3c(c2)ncn3C)CC1. The fourth-order valence-corrected chi connectivity index (χ4v) is 4.14. The predicted molar refractivity (Wildman–Crippen MR) is 77.9 cm³/mol. The summed E-state index contributed by atoms with van der Waals surface area (Å²) in [6.07, 6.45) is 3.57. The number of hydrogen-bond acceptors (Lipinski definition) is 3. The van der Waals surface area contributed by atoms with Crippen molar-refractivity contribution >= 4 is 21.1 Å². The van der Waals surface area contributed by atoms with E-state index in [-0.39, 0.29) is 0 Å². The molecule has 20 heavy (non-hydrogen) atoms. The van der Waals surface area contributed by atoms with E-state index in [1.165, 1.54) is 0 Å². The normalized spacial score (nSPS) is 18.7. The van der Waals surface area contributed by atoms with Crippen molar-refractivity contribution in [3.05, 3.63) is 24.5 Å². The second-order valence-corrected chi connectivity index (χ2v) is 7.53. The van der Waals surface area contributed by atoms with E-state index in [0.717, 1.165) is 23.9 Å². The van der Waals surface area contributed by atoms with Gasteiger partial charge in [-0.25, -0.2) is 13.4 Å². The molecule has 0 N–H and O–H groups in total. The van der Waals surface area contributed by atoms with Gasteiger partial charge in [0.1, 0.15) is 0 Å². The van der Waals surface area contributed by atoms with Crippen molar-refractivity contribution in [1.82, 2.24) is 13.9 Å². The van der Waals surface area contributed by atoms with Crippen molar-refractivity contribution in [3.8, 4) is 0 Å². The van der Waals surface area contributed by atoms with Gasteiger partial charge in [0.15, 0.2) is 0 Å². The van der Waals surface area contributed by atoms with E-state index in [0.29, 0.717) is 23.9 Å². The van der Waals surface area contributed by atoms with Crippen molar-refractivity contribution in [3.63, 3.8) is 0 Å². The van der Waals surface area contributed by atoms with Crippen molar-refractivity contribution in [1.29, 1.82) is 0 Å². The summed E-state index contributed by atoms with van der Waals surface area (Å²) in [6, 6.07) is 5.17. The van der Waals surface area contributed by atoms with Gasteiger partial charge in [-0.3, -0.25) is 0 Å². The van der Waals surface area contributed by atoms with E-state index in [1.54, 1.807) is 22.8 Å². The van der Waals surface area contributed by atoms with Gasteiger partial charge in [-0.05, 0) is 37.0 Å². The Balaban J connectivity index is 1.96. The van der Waals surface area contributed by atoms with Crippen molar-refractivity contribution in [2.45, 2.75) is 24.7 Å². The minimum atomic E-state index is -3.38. The van der Waals surface area contributed by atoms with Crippen molar-refractivity contribution in [2.24, 2.45) is 13.0 Å². The number of hydrogen-bond donors (Lipinski definition) is 0. The van der Waals surface area contributed by atoms with Gasteiger partial charge in [-0.1, -0.05) is 6.92 Å². The lowest BCUT2D eigenvalue weighted by atomic mass is 10.0. The molecule has 1 aliphatic heterocycles. The summed E-state index contributed by atoms with van der Waals surface area (Å²) in [5.41, 5.74) is 1.66. The van der Waals surface area contributed by atoms with E-state index >= 15 is 0 Å². The van der Waals surface area contributed by atoms with Gasteiger partial charge >= 0.3 is 0 Å². The smallest absolute Gasteiger partial charge is 0.243 e. The number of aryl methyl sites for hydroxylation is 1. The van der Waals surface area contributed by atoms with Crippen LogP contribution in [0, 0.1) is 5.92 Å². The standard InChI is InChI=1S/C14H19N3O2S/c1-11-5-7-17(8-6-11)20(18,19)12-3-4-14-13(9-12)15-10-16(14)2/h3-4,9-11H,5-8H2,1-2H3. The zero-order valence-electron chi connectivity index (χ0n) is 11.8. The Morgan fingerprint density at radius 3 is 2.65 bits per heavy atom. The Labute approximate surface area is 119 Å². The summed E-state index contributed by atoms with van der Waals surface area (Å²) in [5, 5.41) is 0. The number of piperidine rings is 1. The molecule has 0 spiro atoms. The summed E-state index contributed by atoms with van der Waals surface area (Å²) < 4.78 is 28.7. The zero-order chi connectivity index (χ0) is 14.3. The highest BCUT2D eigenvalue weighted by molar-refractivity contribution is 7.89. The number of rotatable bonds is 2. The first-order chi connectivity index (χ1) is 9.48. The molecule has 0 unspecified atom stereocenters. The quantitative estimate of drug-likeness (QED) is 0.851. The Bertz CT molecular complexity index is 728. The highest BCUT2D eigenvalue weighted by atomic mass is 32.2. The molecule has 1 aromatic carbocycles. The van der Waals surface area contributed by atoms with Gasteiger partial charge in [-0.2, -0.15) is 4.31 Å². The van der Waals surface area contributed by atoms with Crippen molar-refractivity contribution < 1.29 is 8.42 Å². The molecule has 5 nitrogen and oxygen atoms in total. The first-order valence-electron chi connectivity index (χ1n) is 6.90. The molecule has 2 aromatic rings. The summed E-state index contributed by atoms with van der Waals surface area (Å²) in [5.74, 6) is 0.611. The molecular weight excluding hydrogens is 274 g/mol. The third-order valence-corrected chi connectivity index (χ3v) is 5.97. The maximum Gasteiger partial charge on any atom is 0.243 e. The highest BCUT2D eigenvalue weighted by Gasteiger charge is 2.28. The molecule has 108 valence electrons. The van der Waals surface area contributed by atoms with E-state index in [2.05, 4.69) is 11.9 Å². The molecule has 2 heterocycles. The zero-order valence-corrected chi connectivity index (χ0v) is 12.6. The summed E-state index contributed by atoms with van der Waals surface area (Å²) >= 11 is 0. The highest BCUT2D eigenvalue weighted by Crippen LogP contribution is 2.25. The van der Waals surface area contributed by atoms with Crippen LogP contribution >= 0.6 is 0 Å². The molecule has 1 fully saturated rings. The number of sulfonamides is 1. The van der Waals surface area contributed by atoms with Gasteiger partial charge in [0.05, 0.1) is 22.3 Å². The minimum absolute atomic E-state index is 0.346. The van der Waals surface area contributed by atoms with Crippen LogP contribution in [0.1, 0.15) is 19.8 Å². The number of imidazole rings is 1. The van der Waals surface area contributed by atoms with Gasteiger partial charge in [-0.15, -0.1) is 0 Å². The molecule has 1 aliphatic rings. The molecule has 1 aromatic heterocycles. The van der Waals surface area contributed by atoms with Crippen LogP contribution < -0.4 is 0 Å². The van der Waals surface area contributed by atoms with Crippen LogP contribution in [0.4, 0.5) is 0 Å². The van der Waals surface area contributed by atoms with E-state index in [9.17, 15) is 8.42 Å². The van der Waals surface area contributed by atoms with E-state index < -0.39 is 10.0 Å². The number of benzene rings is 1.